The lowest BCUT2D eigenvalue weighted by Crippen LogP contribution is -2.51. The van der Waals surface area contributed by atoms with Crippen molar-refractivity contribution in [1.29, 1.82) is 0 Å². The summed E-state index contributed by atoms with van der Waals surface area (Å²) < 4.78 is 5.49. The number of carbonyl (C=O) groups is 2. The maximum atomic E-state index is 12.6. The van der Waals surface area contributed by atoms with Gasteiger partial charge >= 0.3 is 5.97 Å². The molecule has 0 saturated carbocycles. The Hall–Kier alpha value is -1.92. The number of carboxylic acid groups (broad SMARTS) is 1. The topological polar surface area (TPSA) is 79.5 Å². The summed E-state index contributed by atoms with van der Waals surface area (Å²) in [5, 5.41) is 13.4. The van der Waals surface area contributed by atoms with Gasteiger partial charge in [0.1, 0.15) is 0 Å². The molecule has 1 amide bonds. The first kappa shape index (κ1) is 18.4. The molecule has 1 aromatic carbocycles. The number of carbonyl (C=O) groups excluding carboxylic acids is 1. The number of rotatable bonds is 6. The van der Waals surface area contributed by atoms with Crippen LogP contribution >= 0.6 is 23.4 Å². The van der Waals surface area contributed by atoms with Crippen molar-refractivity contribution in [2.45, 2.75) is 30.9 Å². The molecule has 1 aromatic heterocycles. The SMILES string of the molecule is CCC(NC(=O)c1oc(SC)cc1C)(C(=O)O)c1cccc(Cl)c1. The Morgan fingerprint density at radius 3 is 2.58 bits per heavy atom. The van der Waals surface area contributed by atoms with Gasteiger partial charge in [0.15, 0.2) is 16.4 Å². The van der Waals surface area contributed by atoms with E-state index >= 15 is 0 Å². The first-order valence-corrected chi connectivity index (χ1v) is 8.90. The van der Waals surface area contributed by atoms with Gasteiger partial charge in [0.05, 0.1) is 0 Å². The van der Waals surface area contributed by atoms with Gasteiger partial charge in [0.2, 0.25) is 0 Å². The standard InChI is InChI=1S/C17H18ClNO4S/c1-4-17(16(21)22,11-6-5-7-12(18)9-11)19-15(20)14-10(2)8-13(23-14)24-3/h5-9H,4H2,1-3H3,(H,19,20)(H,21,22). The minimum Gasteiger partial charge on any atom is -0.479 e. The molecule has 0 aliphatic heterocycles. The second kappa shape index (κ2) is 7.32. The van der Waals surface area contributed by atoms with Crippen molar-refractivity contribution in [3.8, 4) is 0 Å². The normalized spacial score (nSPS) is 13.3. The molecule has 0 bridgehead atoms. The van der Waals surface area contributed by atoms with E-state index in [2.05, 4.69) is 5.32 Å². The van der Waals surface area contributed by atoms with E-state index in [1.54, 1.807) is 44.2 Å². The number of hydrogen-bond donors (Lipinski definition) is 2. The molecular formula is C17H18ClNO4S. The molecule has 0 fully saturated rings. The molecule has 2 rings (SSSR count). The number of aliphatic carboxylic acids is 1. The molecule has 1 atom stereocenters. The predicted octanol–water partition coefficient (Wildman–Crippen LogP) is 4.08. The van der Waals surface area contributed by atoms with E-state index in [-0.39, 0.29) is 12.2 Å². The van der Waals surface area contributed by atoms with Crippen LogP contribution in [-0.2, 0) is 10.3 Å². The van der Waals surface area contributed by atoms with Gasteiger partial charge in [-0.15, -0.1) is 0 Å². The summed E-state index contributed by atoms with van der Waals surface area (Å²) in [6.07, 6.45) is 1.99. The number of nitrogens with one attached hydrogen (secondary N) is 1. The lowest BCUT2D eigenvalue weighted by atomic mass is 9.87. The molecule has 0 aliphatic rings. The van der Waals surface area contributed by atoms with Crippen LogP contribution in [-0.4, -0.2) is 23.2 Å². The van der Waals surface area contributed by atoms with Gasteiger partial charge in [-0.25, -0.2) is 4.79 Å². The quantitative estimate of drug-likeness (QED) is 0.752. The number of halogens is 1. The smallest absolute Gasteiger partial charge is 0.334 e. The van der Waals surface area contributed by atoms with Crippen LogP contribution < -0.4 is 5.32 Å². The zero-order valence-corrected chi connectivity index (χ0v) is 15.1. The van der Waals surface area contributed by atoms with Crippen LogP contribution in [0, 0.1) is 6.92 Å². The number of benzene rings is 1. The Balaban J connectivity index is 2.44. The Bertz CT molecular complexity index is 774. The average molecular weight is 368 g/mol. The molecule has 2 N–H and O–H groups in total. The van der Waals surface area contributed by atoms with Crippen molar-refractivity contribution in [2.24, 2.45) is 0 Å². The summed E-state index contributed by atoms with van der Waals surface area (Å²) >= 11 is 7.36. The lowest BCUT2D eigenvalue weighted by Gasteiger charge is -2.29. The monoisotopic (exact) mass is 367 g/mol. The van der Waals surface area contributed by atoms with Crippen LogP contribution in [0.5, 0.6) is 0 Å². The third-order valence-corrected chi connectivity index (χ3v) is 4.68. The summed E-state index contributed by atoms with van der Waals surface area (Å²) in [5.74, 6) is -1.62. The fourth-order valence-electron chi connectivity index (χ4n) is 2.48. The van der Waals surface area contributed by atoms with Crippen molar-refractivity contribution in [3.05, 3.63) is 52.2 Å². The summed E-state index contributed by atoms with van der Waals surface area (Å²) in [6, 6.07) is 8.22. The summed E-state index contributed by atoms with van der Waals surface area (Å²) in [6.45, 7) is 3.43. The zero-order chi connectivity index (χ0) is 17.9. The van der Waals surface area contributed by atoms with Gasteiger partial charge in [-0.2, -0.15) is 0 Å². The van der Waals surface area contributed by atoms with Gasteiger partial charge in [0.25, 0.3) is 5.91 Å². The summed E-state index contributed by atoms with van der Waals surface area (Å²) in [7, 11) is 0. The highest BCUT2D eigenvalue weighted by Crippen LogP contribution is 2.29. The summed E-state index contributed by atoms with van der Waals surface area (Å²) in [5.41, 5.74) is -0.522. The minimum atomic E-state index is -1.58. The van der Waals surface area contributed by atoms with E-state index < -0.39 is 17.4 Å². The number of aryl methyl sites for hydroxylation is 1. The van der Waals surface area contributed by atoms with Gasteiger partial charge in [-0.3, -0.25) is 4.79 Å². The average Bonchev–Trinajstić information content (AvgIpc) is 2.93. The fraction of sp³-hybridized carbons (Fsp3) is 0.294. The van der Waals surface area contributed by atoms with E-state index in [1.807, 2.05) is 6.26 Å². The van der Waals surface area contributed by atoms with Crippen LogP contribution in [0.3, 0.4) is 0 Å². The molecule has 5 nitrogen and oxygen atoms in total. The third kappa shape index (κ3) is 3.44. The molecule has 2 aromatic rings. The number of furan rings is 1. The second-order valence-electron chi connectivity index (χ2n) is 5.31. The van der Waals surface area contributed by atoms with Crippen LogP contribution in [0.15, 0.2) is 39.8 Å². The van der Waals surface area contributed by atoms with E-state index in [0.717, 1.165) is 0 Å². The maximum Gasteiger partial charge on any atom is 0.334 e. The second-order valence-corrected chi connectivity index (χ2v) is 6.56. The van der Waals surface area contributed by atoms with Crippen molar-refractivity contribution in [3.63, 3.8) is 0 Å². The molecule has 1 unspecified atom stereocenters. The molecule has 0 saturated heterocycles. The van der Waals surface area contributed by atoms with Crippen molar-refractivity contribution >= 4 is 35.2 Å². The highest BCUT2D eigenvalue weighted by Gasteiger charge is 2.41. The molecule has 0 spiro atoms. The number of amides is 1. The van der Waals surface area contributed by atoms with Crippen molar-refractivity contribution < 1.29 is 19.1 Å². The largest absolute Gasteiger partial charge is 0.479 e. The Morgan fingerprint density at radius 1 is 1.38 bits per heavy atom. The molecule has 24 heavy (non-hydrogen) atoms. The maximum absolute atomic E-state index is 12.6. The molecule has 7 heteroatoms. The van der Waals surface area contributed by atoms with Crippen LogP contribution in [0.2, 0.25) is 5.02 Å². The molecule has 128 valence electrons. The lowest BCUT2D eigenvalue weighted by molar-refractivity contribution is -0.145. The molecule has 1 heterocycles. The molecule has 0 aliphatic carbocycles. The van der Waals surface area contributed by atoms with Gasteiger partial charge in [0, 0.05) is 10.6 Å². The van der Waals surface area contributed by atoms with E-state index in [9.17, 15) is 14.7 Å². The Morgan fingerprint density at radius 2 is 2.08 bits per heavy atom. The van der Waals surface area contributed by atoms with Gasteiger partial charge in [-0.1, -0.05) is 42.4 Å². The first-order chi connectivity index (χ1) is 11.3. The first-order valence-electron chi connectivity index (χ1n) is 7.30. The fourth-order valence-corrected chi connectivity index (χ4v) is 3.13. The Kier molecular flexibility index (Phi) is 5.62. The molecular weight excluding hydrogens is 350 g/mol. The predicted molar refractivity (Wildman–Crippen MR) is 93.7 cm³/mol. The van der Waals surface area contributed by atoms with Crippen LogP contribution in [0.25, 0.3) is 0 Å². The zero-order valence-electron chi connectivity index (χ0n) is 13.6. The number of thioether (sulfide) groups is 1. The number of carboxylic acids is 1. The van der Waals surface area contributed by atoms with Crippen molar-refractivity contribution in [1.82, 2.24) is 5.32 Å². The highest BCUT2D eigenvalue weighted by molar-refractivity contribution is 7.98. The van der Waals surface area contributed by atoms with E-state index in [0.29, 0.717) is 21.2 Å². The van der Waals surface area contributed by atoms with Crippen LogP contribution in [0.4, 0.5) is 0 Å². The van der Waals surface area contributed by atoms with Gasteiger partial charge < -0.3 is 14.8 Å². The van der Waals surface area contributed by atoms with E-state index in [1.165, 1.54) is 11.8 Å². The molecule has 0 radical (unpaired) electrons. The minimum absolute atomic E-state index is 0.112. The van der Waals surface area contributed by atoms with Crippen LogP contribution in [0.1, 0.15) is 35.0 Å². The number of hydrogen-bond acceptors (Lipinski definition) is 4. The third-order valence-electron chi connectivity index (χ3n) is 3.84. The van der Waals surface area contributed by atoms with Gasteiger partial charge in [-0.05, 0) is 43.4 Å². The summed E-state index contributed by atoms with van der Waals surface area (Å²) in [4.78, 5) is 24.6. The Labute approximate surface area is 149 Å². The van der Waals surface area contributed by atoms with E-state index in [4.69, 9.17) is 16.0 Å². The van der Waals surface area contributed by atoms with Crippen molar-refractivity contribution in [2.75, 3.05) is 6.26 Å². The highest BCUT2D eigenvalue weighted by atomic mass is 35.5.